The number of nitrogens with one attached hydrogen (secondary N) is 1. The van der Waals surface area contributed by atoms with Crippen LogP contribution in [0.3, 0.4) is 0 Å². The lowest BCUT2D eigenvalue weighted by atomic mass is 9.96. The average Bonchev–Trinajstić information content (AvgIpc) is 3.38. The zero-order valence-electron chi connectivity index (χ0n) is 19.8. The number of hydrazone groups is 1. The van der Waals surface area contributed by atoms with Gasteiger partial charge in [-0.2, -0.15) is 10.4 Å². The number of nitrogens with zero attached hydrogens (tertiary/aromatic N) is 3. The Morgan fingerprint density at radius 3 is 2.86 bits per heavy atom. The Kier molecular flexibility index (Phi) is 6.39. The fraction of sp³-hybridized carbons (Fsp3) is 0.250. The molecule has 0 saturated heterocycles. The summed E-state index contributed by atoms with van der Waals surface area (Å²) in [4.78, 5) is 13.7. The third-order valence-electron chi connectivity index (χ3n) is 6.44. The molecule has 6 nitrogen and oxygen atoms in total. The zero-order chi connectivity index (χ0) is 24.4. The maximum absolute atomic E-state index is 12.3. The van der Waals surface area contributed by atoms with Crippen molar-refractivity contribution in [1.29, 1.82) is 5.26 Å². The van der Waals surface area contributed by atoms with Crippen molar-refractivity contribution in [3.8, 4) is 16.8 Å². The summed E-state index contributed by atoms with van der Waals surface area (Å²) in [6, 6.07) is 18.1. The SMILES string of the molecule is Cc1cc(/C=N\NC(=O)COc2cccc3ccccc23)c(C)n1-c1sc2c(c1C#N)CCCC2. The predicted molar refractivity (Wildman–Crippen MR) is 140 cm³/mol. The minimum atomic E-state index is -0.333. The topological polar surface area (TPSA) is 79.4 Å². The largest absolute Gasteiger partial charge is 0.483 e. The van der Waals surface area contributed by atoms with Gasteiger partial charge in [0, 0.05) is 27.2 Å². The number of rotatable bonds is 6. The molecule has 35 heavy (non-hydrogen) atoms. The second-order valence-corrected chi connectivity index (χ2v) is 9.81. The van der Waals surface area contributed by atoms with E-state index in [1.54, 1.807) is 17.6 Å². The molecule has 0 unspecified atom stereocenters. The van der Waals surface area contributed by atoms with Crippen molar-refractivity contribution < 1.29 is 9.53 Å². The number of carbonyl (C=O) groups excluding carboxylic acids is 1. The third kappa shape index (κ3) is 4.45. The molecule has 2 aromatic heterocycles. The molecule has 1 N–H and O–H groups in total. The number of hydrogen-bond donors (Lipinski definition) is 1. The lowest BCUT2D eigenvalue weighted by Gasteiger charge is -2.10. The van der Waals surface area contributed by atoms with E-state index in [4.69, 9.17) is 4.74 Å². The molecule has 5 rings (SSSR count). The van der Waals surface area contributed by atoms with Crippen LogP contribution in [0.25, 0.3) is 15.8 Å². The molecule has 0 fully saturated rings. The molecule has 1 aliphatic rings. The number of thiophene rings is 1. The zero-order valence-corrected chi connectivity index (χ0v) is 20.6. The standard InChI is InChI=1S/C28H26N4O2S/c1-18-14-21(19(2)32(18)28-24(15-29)23-11-5-6-13-26(23)35-28)16-30-31-27(33)17-34-25-12-7-9-20-8-3-4-10-22(20)25/h3-4,7-10,12,14,16H,5-6,11,13,17H2,1-2H3,(H,31,33)/b30-16-. The molecular weight excluding hydrogens is 456 g/mol. The second-order valence-electron chi connectivity index (χ2n) is 8.72. The molecule has 0 saturated carbocycles. The van der Waals surface area contributed by atoms with Crippen molar-refractivity contribution in [1.82, 2.24) is 9.99 Å². The van der Waals surface area contributed by atoms with Gasteiger partial charge in [-0.25, -0.2) is 5.43 Å². The summed E-state index contributed by atoms with van der Waals surface area (Å²) in [7, 11) is 0. The first kappa shape index (κ1) is 22.9. The van der Waals surface area contributed by atoms with E-state index in [0.717, 1.165) is 57.6 Å². The highest BCUT2D eigenvalue weighted by atomic mass is 32.1. The van der Waals surface area contributed by atoms with Gasteiger partial charge in [0.2, 0.25) is 0 Å². The van der Waals surface area contributed by atoms with Gasteiger partial charge in [0.15, 0.2) is 6.61 Å². The molecule has 0 aliphatic heterocycles. The fourth-order valence-electron chi connectivity index (χ4n) is 4.73. The van der Waals surface area contributed by atoms with Crippen molar-refractivity contribution in [3.63, 3.8) is 0 Å². The van der Waals surface area contributed by atoms with Crippen molar-refractivity contribution in [3.05, 3.63) is 81.5 Å². The maximum Gasteiger partial charge on any atom is 0.277 e. The first-order valence-electron chi connectivity index (χ1n) is 11.7. The summed E-state index contributed by atoms with van der Waals surface area (Å²) in [5.74, 6) is 0.332. The molecular formula is C28H26N4O2S. The number of aryl methyl sites for hydroxylation is 2. The number of ether oxygens (including phenoxy) is 1. The average molecular weight is 483 g/mol. The van der Waals surface area contributed by atoms with Gasteiger partial charge in [-0.1, -0.05) is 36.4 Å². The van der Waals surface area contributed by atoms with E-state index in [2.05, 4.69) is 21.2 Å². The van der Waals surface area contributed by atoms with Crippen LogP contribution < -0.4 is 10.2 Å². The number of amides is 1. The van der Waals surface area contributed by atoms with E-state index < -0.39 is 0 Å². The monoisotopic (exact) mass is 482 g/mol. The first-order chi connectivity index (χ1) is 17.1. The first-order valence-corrected chi connectivity index (χ1v) is 12.5. The fourth-order valence-corrected chi connectivity index (χ4v) is 6.18. The molecule has 2 aromatic carbocycles. The van der Waals surface area contributed by atoms with E-state index in [0.29, 0.717) is 5.75 Å². The number of hydrogen-bond acceptors (Lipinski definition) is 5. The van der Waals surface area contributed by atoms with Gasteiger partial charge in [-0.3, -0.25) is 4.79 Å². The predicted octanol–water partition coefficient (Wildman–Crippen LogP) is 5.59. The van der Waals surface area contributed by atoms with Crippen LogP contribution in [0, 0.1) is 25.2 Å². The number of aromatic nitrogens is 1. The van der Waals surface area contributed by atoms with Gasteiger partial charge >= 0.3 is 0 Å². The number of carbonyl (C=O) groups is 1. The van der Waals surface area contributed by atoms with Gasteiger partial charge < -0.3 is 9.30 Å². The summed E-state index contributed by atoms with van der Waals surface area (Å²) >= 11 is 1.72. The van der Waals surface area contributed by atoms with E-state index in [9.17, 15) is 10.1 Å². The Bertz CT molecular complexity index is 1480. The highest BCUT2D eigenvalue weighted by molar-refractivity contribution is 7.15. The highest BCUT2D eigenvalue weighted by Crippen LogP contribution is 2.38. The van der Waals surface area contributed by atoms with E-state index >= 15 is 0 Å². The normalized spacial score (nSPS) is 13.1. The molecule has 7 heteroatoms. The van der Waals surface area contributed by atoms with Crippen LogP contribution in [-0.4, -0.2) is 23.3 Å². The van der Waals surface area contributed by atoms with Crippen LogP contribution in [0.4, 0.5) is 0 Å². The number of benzene rings is 2. The van der Waals surface area contributed by atoms with E-state index in [1.807, 2.05) is 62.4 Å². The summed E-state index contributed by atoms with van der Waals surface area (Å²) in [6.07, 6.45) is 6.01. The minimum Gasteiger partial charge on any atom is -0.483 e. The van der Waals surface area contributed by atoms with Crippen LogP contribution in [0.2, 0.25) is 0 Å². The molecule has 2 heterocycles. The quantitative estimate of drug-likeness (QED) is 0.287. The Morgan fingerprint density at radius 2 is 2.00 bits per heavy atom. The van der Waals surface area contributed by atoms with Crippen molar-refractivity contribution in [2.45, 2.75) is 39.5 Å². The van der Waals surface area contributed by atoms with E-state index in [-0.39, 0.29) is 12.5 Å². The molecule has 0 spiro atoms. The Balaban J connectivity index is 1.28. The van der Waals surface area contributed by atoms with Crippen LogP contribution >= 0.6 is 11.3 Å². The molecule has 1 aliphatic carbocycles. The van der Waals surface area contributed by atoms with Gasteiger partial charge in [-0.05, 0) is 62.6 Å². The number of nitriles is 1. The lowest BCUT2D eigenvalue weighted by Crippen LogP contribution is -2.24. The molecule has 4 aromatic rings. The smallest absolute Gasteiger partial charge is 0.277 e. The Hall–Kier alpha value is -3.89. The van der Waals surface area contributed by atoms with Crippen LogP contribution in [-0.2, 0) is 17.6 Å². The van der Waals surface area contributed by atoms with Gasteiger partial charge in [0.05, 0.1) is 11.8 Å². The molecule has 0 radical (unpaired) electrons. The minimum absolute atomic E-state index is 0.128. The molecule has 0 bridgehead atoms. The van der Waals surface area contributed by atoms with Crippen molar-refractivity contribution in [2.24, 2.45) is 5.10 Å². The van der Waals surface area contributed by atoms with Crippen molar-refractivity contribution >= 4 is 34.2 Å². The number of fused-ring (bicyclic) bond motifs is 2. The summed E-state index contributed by atoms with van der Waals surface area (Å²) in [5, 5.41) is 17.0. The highest BCUT2D eigenvalue weighted by Gasteiger charge is 2.23. The summed E-state index contributed by atoms with van der Waals surface area (Å²) in [5.41, 5.74) is 7.49. The summed E-state index contributed by atoms with van der Waals surface area (Å²) in [6.45, 7) is 3.91. The van der Waals surface area contributed by atoms with E-state index in [1.165, 1.54) is 16.9 Å². The summed E-state index contributed by atoms with van der Waals surface area (Å²) < 4.78 is 7.87. The van der Waals surface area contributed by atoms with Crippen LogP contribution in [0.15, 0.2) is 53.6 Å². The van der Waals surface area contributed by atoms with Crippen LogP contribution in [0.5, 0.6) is 5.75 Å². The van der Waals surface area contributed by atoms with Gasteiger partial charge in [-0.15, -0.1) is 11.3 Å². The third-order valence-corrected chi connectivity index (χ3v) is 7.72. The maximum atomic E-state index is 12.3. The molecule has 1 amide bonds. The lowest BCUT2D eigenvalue weighted by molar-refractivity contribution is -0.123. The molecule has 176 valence electrons. The second kappa shape index (κ2) is 9.77. The van der Waals surface area contributed by atoms with Gasteiger partial charge in [0.25, 0.3) is 5.91 Å². The Labute approximate surface area is 208 Å². The van der Waals surface area contributed by atoms with Gasteiger partial charge in [0.1, 0.15) is 16.8 Å². The Morgan fingerprint density at radius 1 is 1.20 bits per heavy atom. The van der Waals surface area contributed by atoms with Crippen LogP contribution in [0.1, 0.15) is 45.8 Å². The molecule has 0 atom stereocenters. The van der Waals surface area contributed by atoms with Crippen molar-refractivity contribution in [2.75, 3.05) is 6.61 Å².